The SMILES string of the molecule is CCOC(=O)c1cc(/C=C/C2OCCO2)oc1N. The Balaban J connectivity index is 2.05. The monoisotopic (exact) mass is 253 g/mol. The minimum absolute atomic E-state index is 0.0429. The van der Waals surface area contributed by atoms with Gasteiger partial charge in [0.05, 0.1) is 19.8 Å². The Morgan fingerprint density at radius 1 is 1.56 bits per heavy atom. The van der Waals surface area contributed by atoms with Crippen LogP contribution in [0.1, 0.15) is 23.0 Å². The summed E-state index contributed by atoms with van der Waals surface area (Å²) in [7, 11) is 0. The van der Waals surface area contributed by atoms with Gasteiger partial charge in [0, 0.05) is 6.07 Å². The van der Waals surface area contributed by atoms with E-state index in [9.17, 15) is 4.79 Å². The highest BCUT2D eigenvalue weighted by Crippen LogP contribution is 2.20. The average Bonchev–Trinajstić information content (AvgIpc) is 2.96. The van der Waals surface area contributed by atoms with E-state index in [1.54, 1.807) is 19.1 Å². The maximum atomic E-state index is 11.5. The molecule has 0 amide bonds. The number of carbonyl (C=O) groups excluding carboxylic acids is 1. The lowest BCUT2D eigenvalue weighted by molar-refractivity contribution is -0.000959. The van der Waals surface area contributed by atoms with E-state index in [4.69, 9.17) is 24.4 Å². The Morgan fingerprint density at radius 3 is 2.94 bits per heavy atom. The number of anilines is 1. The number of ether oxygens (including phenoxy) is 3. The Labute approximate surface area is 104 Å². The first kappa shape index (κ1) is 12.7. The molecule has 0 aromatic carbocycles. The Bertz CT molecular complexity index is 445. The third-order valence-corrected chi connectivity index (χ3v) is 2.34. The minimum Gasteiger partial charge on any atom is -0.462 e. The summed E-state index contributed by atoms with van der Waals surface area (Å²) in [5.74, 6) is 0.00257. The van der Waals surface area contributed by atoms with Gasteiger partial charge in [-0.2, -0.15) is 0 Å². The van der Waals surface area contributed by atoms with Crippen LogP contribution in [0.3, 0.4) is 0 Å². The zero-order chi connectivity index (χ0) is 13.0. The molecule has 1 aliphatic heterocycles. The molecule has 1 aromatic rings. The molecular formula is C12H15NO5. The van der Waals surface area contributed by atoms with Crippen LogP contribution in [0.15, 0.2) is 16.6 Å². The molecule has 0 radical (unpaired) electrons. The molecule has 2 heterocycles. The molecule has 0 saturated carbocycles. The van der Waals surface area contributed by atoms with Crippen molar-refractivity contribution in [3.8, 4) is 0 Å². The van der Waals surface area contributed by atoms with Crippen LogP contribution in [0.25, 0.3) is 6.08 Å². The fraction of sp³-hybridized carbons (Fsp3) is 0.417. The number of furan rings is 1. The fourth-order valence-electron chi connectivity index (χ4n) is 1.54. The van der Waals surface area contributed by atoms with E-state index in [1.807, 2.05) is 0 Å². The van der Waals surface area contributed by atoms with E-state index in [2.05, 4.69) is 0 Å². The van der Waals surface area contributed by atoms with Gasteiger partial charge in [-0.05, 0) is 19.1 Å². The van der Waals surface area contributed by atoms with Crippen LogP contribution in [0.2, 0.25) is 0 Å². The highest BCUT2D eigenvalue weighted by Gasteiger charge is 2.17. The van der Waals surface area contributed by atoms with Crippen molar-refractivity contribution in [2.75, 3.05) is 25.6 Å². The zero-order valence-electron chi connectivity index (χ0n) is 10.0. The van der Waals surface area contributed by atoms with Gasteiger partial charge < -0.3 is 24.4 Å². The van der Waals surface area contributed by atoms with Gasteiger partial charge in [0.2, 0.25) is 5.88 Å². The summed E-state index contributed by atoms with van der Waals surface area (Å²) in [5, 5.41) is 0. The van der Waals surface area contributed by atoms with Gasteiger partial charge in [-0.1, -0.05) is 0 Å². The lowest BCUT2D eigenvalue weighted by Crippen LogP contribution is -2.05. The lowest BCUT2D eigenvalue weighted by Gasteiger charge is -1.99. The smallest absolute Gasteiger partial charge is 0.343 e. The summed E-state index contributed by atoms with van der Waals surface area (Å²) in [6.45, 7) is 3.16. The molecule has 0 unspecified atom stereocenters. The fourth-order valence-corrected chi connectivity index (χ4v) is 1.54. The number of esters is 1. The molecule has 1 fully saturated rings. The maximum absolute atomic E-state index is 11.5. The van der Waals surface area contributed by atoms with Crippen LogP contribution >= 0.6 is 0 Å². The lowest BCUT2D eigenvalue weighted by atomic mass is 10.3. The van der Waals surface area contributed by atoms with E-state index < -0.39 is 5.97 Å². The first-order valence-corrected chi connectivity index (χ1v) is 5.68. The van der Waals surface area contributed by atoms with Crippen molar-refractivity contribution >= 4 is 17.9 Å². The molecule has 2 rings (SSSR count). The number of hydrogen-bond donors (Lipinski definition) is 1. The summed E-state index contributed by atoms with van der Waals surface area (Å²) < 4.78 is 20.5. The van der Waals surface area contributed by atoms with Crippen molar-refractivity contribution in [1.29, 1.82) is 0 Å². The van der Waals surface area contributed by atoms with Gasteiger partial charge in [0.25, 0.3) is 0 Å². The summed E-state index contributed by atoms with van der Waals surface area (Å²) in [4.78, 5) is 11.5. The normalized spacial score (nSPS) is 16.5. The number of rotatable bonds is 4. The molecule has 1 aromatic heterocycles. The third-order valence-electron chi connectivity index (χ3n) is 2.34. The van der Waals surface area contributed by atoms with Crippen molar-refractivity contribution in [2.24, 2.45) is 0 Å². The van der Waals surface area contributed by atoms with Crippen LogP contribution in [-0.4, -0.2) is 32.1 Å². The van der Waals surface area contributed by atoms with Gasteiger partial charge in [-0.25, -0.2) is 4.79 Å². The molecule has 0 spiro atoms. The van der Waals surface area contributed by atoms with E-state index in [0.29, 0.717) is 25.6 Å². The van der Waals surface area contributed by atoms with Gasteiger partial charge in [0.1, 0.15) is 11.3 Å². The van der Waals surface area contributed by atoms with E-state index in [-0.39, 0.29) is 17.7 Å². The largest absolute Gasteiger partial charge is 0.462 e. The quantitative estimate of drug-likeness (QED) is 0.817. The van der Waals surface area contributed by atoms with Gasteiger partial charge in [-0.3, -0.25) is 0 Å². The van der Waals surface area contributed by atoms with Crippen molar-refractivity contribution in [2.45, 2.75) is 13.2 Å². The molecule has 1 aliphatic rings. The minimum atomic E-state index is -0.494. The highest BCUT2D eigenvalue weighted by atomic mass is 16.7. The number of carbonyl (C=O) groups is 1. The molecule has 98 valence electrons. The second-order valence-corrected chi connectivity index (χ2v) is 3.62. The molecule has 2 N–H and O–H groups in total. The summed E-state index contributed by atoms with van der Waals surface area (Å²) in [6, 6.07) is 1.53. The molecular weight excluding hydrogens is 238 g/mol. The predicted octanol–water partition coefficient (Wildman–Crippen LogP) is 1.42. The van der Waals surface area contributed by atoms with Crippen LogP contribution in [0.4, 0.5) is 5.88 Å². The maximum Gasteiger partial charge on any atom is 0.343 e. The molecule has 6 heteroatoms. The Hall–Kier alpha value is -1.79. The van der Waals surface area contributed by atoms with Crippen LogP contribution in [-0.2, 0) is 14.2 Å². The average molecular weight is 253 g/mol. The predicted molar refractivity (Wildman–Crippen MR) is 63.8 cm³/mol. The van der Waals surface area contributed by atoms with E-state index in [1.165, 1.54) is 6.07 Å². The second kappa shape index (κ2) is 5.70. The Morgan fingerprint density at radius 2 is 2.28 bits per heavy atom. The van der Waals surface area contributed by atoms with E-state index in [0.717, 1.165) is 0 Å². The zero-order valence-corrected chi connectivity index (χ0v) is 10.0. The van der Waals surface area contributed by atoms with Gasteiger partial charge in [-0.15, -0.1) is 0 Å². The van der Waals surface area contributed by atoms with Crippen LogP contribution in [0, 0.1) is 0 Å². The molecule has 0 atom stereocenters. The topological polar surface area (TPSA) is 83.9 Å². The molecule has 6 nitrogen and oxygen atoms in total. The van der Waals surface area contributed by atoms with Crippen molar-refractivity contribution in [1.82, 2.24) is 0 Å². The van der Waals surface area contributed by atoms with Crippen LogP contribution < -0.4 is 5.73 Å². The number of nitrogen functional groups attached to an aromatic ring is 1. The first-order valence-electron chi connectivity index (χ1n) is 5.68. The molecule has 0 aliphatic carbocycles. The summed E-state index contributed by atoms with van der Waals surface area (Å²) >= 11 is 0. The number of hydrogen-bond acceptors (Lipinski definition) is 6. The highest BCUT2D eigenvalue weighted by molar-refractivity contribution is 5.94. The Kier molecular flexibility index (Phi) is 4.01. The first-order chi connectivity index (χ1) is 8.70. The van der Waals surface area contributed by atoms with Gasteiger partial charge in [0.15, 0.2) is 6.29 Å². The summed E-state index contributed by atoms with van der Waals surface area (Å²) in [6.07, 6.45) is 2.97. The van der Waals surface area contributed by atoms with Crippen molar-refractivity contribution in [3.05, 3.63) is 23.5 Å². The third kappa shape index (κ3) is 2.91. The van der Waals surface area contributed by atoms with Gasteiger partial charge >= 0.3 is 5.97 Å². The van der Waals surface area contributed by atoms with Crippen molar-refractivity contribution in [3.63, 3.8) is 0 Å². The standard InChI is InChI=1S/C12H15NO5/c1-2-15-12(14)9-7-8(18-11(9)13)3-4-10-16-5-6-17-10/h3-4,7,10H,2,5-6,13H2,1H3/b4-3+. The van der Waals surface area contributed by atoms with E-state index >= 15 is 0 Å². The number of nitrogens with two attached hydrogens (primary N) is 1. The molecule has 0 bridgehead atoms. The molecule has 18 heavy (non-hydrogen) atoms. The summed E-state index contributed by atoms with van der Waals surface area (Å²) in [5.41, 5.74) is 5.82. The van der Waals surface area contributed by atoms with Crippen molar-refractivity contribution < 1.29 is 23.4 Å². The van der Waals surface area contributed by atoms with Crippen LogP contribution in [0.5, 0.6) is 0 Å². The second-order valence-electron chi connectivity index (χ2n) is 3.62. The molecule has 1 saturated heterocycles.